The largest absolute Gasteiger partial charge is 0.355 e. The minimum absolute atomic E-state index is 0.820. The Bertz CT molecular complexity index is 1600. The molecule has 0 aliphatic carbocycles. The van der Waals surface area contributed by atoms with E-state index in [1.807, 2.05) is 0 Å². The van der Waals surface area contributed by atoms with Crippen LogP contribution in [-0.2, 0) is 0 Å². The van der Waals surface area contributed by atoms with Gasteiger partial charge in [-0.3, -0.25) is 0 Å². The molecule has 0 amide bonds. The second kappa shape index (κ2) is 10.7. The lowest BCUT2D eigenvalue weighted by Crippen LogP contribution is -2.19. The zero-order valence-corrected chi connectivity index (χ0v) is 21.5. The van der Waals surface area contributed by atoms with Crippen LogP contribution in [0.15, 0.2) is 146 Å². The summed E-state index contributed by atoms with van der Waals surface area (Å²) < 4.78 is 0. The molecule has 184 valence electrons. The van der Waals surface area contributed by atoms with Gasteiger partial charge in [0.15, 0.2) is 0 Å². The lowest BCUT2D eigenvalue weighted by atomic mass is 9.98. The van der Waals surface area contributed by atoms with E-state index in [-0.39, 0.29) is 0 Å². The number of fused-ring (bicyclic) bond motifs is 1. The van der Waals surface area contributed by atoms with E-state index in [1.54, 1.807) is 0 Å². The summed E-state index contributed by atoms with van der Waals surface area (Å²) in [6.45, 7) is 3.01. The van der Waals surface area contributed by atoms with Crippen molar-refractivity contribution in [2.75, 3.05) is 16.8 Å². The highest BCUT2D eigenvalue weighted by molar-refractivity contribution is 5.90. The molecule has 0 fully saturated rings. The Hall–Kier alpha value is -4.82. The number of para-hydroxylation sites is 1. The molecule has 0 saturated carbocycles. The van der Waals surface area contributed by atoms with Gasteiger partial charge in [-0.15, -0.1) is 0 Å². The summed E-state index contributed by atoms with van der Waals surface area (Å²) >= 11 is 0. The molecule has 1 heterocycles. The zero-order valence-electron chi connectivity index (χ0n) is 21.5. The van der Waals surface area contributed by atoms with Crippen LogP contribution in [0.25, 0.3) is 27.8 Å². The van der Waals surface area contributed by atoms with Gasteiger partial charge in [0, 0.05) is 29.2 Å². The van der Waals surface area contributed by atoms with Crippen LogP contribution in [0.2, 0.25) is 0 Å². The van der Waals surface area contributed by atoms with Crippen LogP contribution in [0.4, 0.5) is 22.7 Å². The smallest absolute Gasteiger partial charge is 0.0511 e. The van der Waals surface area contributed by atoms with Crippen molar-refractivity contribution in [2.45, 2.75) is 6.92 Å². The Labute approximate surface area is 225 Å². The molecule has 0 spiro atoms. The SMILES string of the molecule is C/C1=C\C=C/CN(c2ccccc2)c2cccc(Nc3ccc(-c4cccc(-c5ccccc5)c4)cc3)c21. The Kier molecular flexibility index (Phi) is 6.61. The standard InChI is InChI=1S/C36H30N2/c1-27-12-8-9-25-38(33-17-6-3-7-18-33)35-20-11-19-34(36(27)35)37-32-23-21-29(22-24-32)31-16-10-15-30(26-31)28-13-4-2-5-14-28/h2-24,26,37H,25H2,1H3/b9-8-,27-12+. The van der Waals surface area contributed by atoms with Crippen molar-refractivity contribution in [3.05, 3.63) is 151 Å². The summed E-state index contributed by atoms with van der Waals surface area (Å²) in [4.78, 5) is 2.37. The highest BCUT2D eigenvalue weighted by Gasteiger charge is 2.18. The van der Waals surface area contributed by atoms with Crippen LogP contribution in [0, 0.1) is 0 Å². The highest BCUT2D eigenvalue weighted by atomic mass is 15.1. The molecule has 0 atom stereocenters. The van der Waals surface area contributed by atoms with E-state index in [0.29, 0.717) is 0 Å². The number of rotatable bonds is 5. The van der Waals surface area contributed by atoms with E-state index in [2.05, 4.69) is 163 Å². The molecule has 5 aromatic rings. The topological polar surface area (TPSA) is 15.3 Å². The average Bonchev–Trinajstić information content (AvgIpc) is 2.97. The van der Waals surface area contributed by atoms with Gasteiger partial charge in [-0.25, -0.2) is 0 Å². The number of allylic oxidation sites excluding steroid dienone is 3. The molecule has 6 rings (SSSR count). The predicted octanol–water partition coefficient (Wildman–Crippen LogP) is 9.88. The third-order valence-corrected chi connectivity index (χ3v) is 7.03. The van der Waals surface area contributed by atoms with Gasteiger partial charge in [-0.1, -0.05) is 103 Å². The van der Waals surface area contributed by atoms with Gasteiger partial charge >= 0.3 is 0 Å². The fraction of sp³-hybridized carbons (Fsp3) is 0.0556. The lowest BCUT2D eigenvalue weighted by Gasteiger charge is -2.29. The molecule has 1 aliphatic heterocycles. The molecule has 38 heavy (non-hydrogen) atoms. The molecule has 0 unspecified atom stereocenters. The van der Waals surface area contributed by atoms with E-state index in [0.717, 1.165) is 17.9 Å². The zero-order chi connectivity index (χ0) is 25.7. The Morgan fingerprint density at radius 2 is 1.24 bits per heavy atom. The second-order valence-electron chi connectivity index (χ2n) is 9.57. The van der Waals surface area contributed by atoms with Gasteiger partial charge in [-0.05, 0) is 77.2 Å². The Balaban J connectivity index is 1.31. The number of nitrogens with one attached hydrogen (secondary N) is 1. The summed E-state index contributed by atoms with van der Waals surface area (Å²) in [5, 5.41) is 3.71. The van der Waals surface area contributed by atoms with Gasteiger partial charge < -0.3 is 10.2 Å². The maximum absolute atomic E-state index is 3.71. The van der Waals surface area contributed by atoms with E-state index in [4.69, 9.17) is 0 Å². The quantitative estimate of drug-likeness (QED) is 0.264. The summed E-state index contributed by atoms with van der Waals surface area (Å²) in [5.74, 6) is 0. The first kappa shape index (κ1) is 23.6. The van der Waals surface area contributed by atoms with Crippen molar-refractivity contribution in [1.82, 2.24) is 0 Å². The molecule has 2 nitrogen and oxygen atoms in total. The first-order valence-electron chi connectivity index (χ1n) is 13.1. The Morgan fingerprint density at radius 3 is 1.97 bits per heavy atom. The average molecular weight is 491 g/mol. The molecule has 5 aromatic carbocycles. The molecule has 1 aliphatic rings. The predicted molar refractivity (Wildman–Crippen MR) is 163 cm³/mol. The van der Waals surface area contributed by atoms with Crippen molar-refractivity contribution < 1.29 is 0 Å². The Morgan fingerprint density at radius 1 is 0.605 bits per heavy atom. The highest BCUT2D eigenvalue weighted by Crippen LogP contribution is 2.39. The van der Waals surface area contributed by atoms with Crippen molar-refractivity contribution >= 4 is 28.3 Å². The number of benzene rings is 5. The van der Waals surface area contributed by atoms with Crippen LogP contribution in [0.5, 0.6) is 0 Å². The van der Waals surface area contributed by atoms with Gasteiger partial charge in [0.05, 0.1) is 5.69 Å². The number of anilines is 4. The third kappa shape index (κ3) is 4.89. The first-order valence-corrected chi connectivity index (χ1v) is 13.1. The van der Waals surface area contributed by atoms with Crippen LogP contribution >= 0.6 is 0 Å². The van der Waals surface area contributed by atoms with Gasteiger partial charge in [0.25, 0.3) is 0 Å². The molecule has 0 aromatic heterocycles. The molecule has 2 heteroatoms. The fourth-order valence-corrected chi connectivity index (χ4v) is 5.11. The number of hydrogen-bond acceptors (Lipinski definition) is 2. The van der Waals surface area contributed by atoms with Crippen LogP contribution in [-0.4, -0.2) is 6.54 Å². The van der Waals surface area contributed by atoms with Crippen LogP contribution < -0.4 is 10.2 Å². The molecule has 0 saturated heterocycles. The molecular weight excluding hydrogens is 460 g/mol. The van der Waals surface area contributed by atoms with Crippen LogP contribution in [0.3, 0.4) is 0 Å². The van der Waals surface area contributed by atoms with Gasteiger partial charge in [-0.2, -0.15) is 0 Å². The molecular formula is C36H30N2. The van der Waals surface area contributed by atoms with Crippen molar-refractivity contribution in [2.24, 2.45) is 0 Å². The fourth-order valence-electron chi connectivity index (χ4n) is 5.11. The summed E-state index contributed by atoms with van der Waals surface area (Å²) in [5.41, 5.74) is 11.9. The van der Waals surface area contributed by atoms with E-state index < -0.39 is 0 Å². The number of nitrogens with zero attached hydrogens (tertiary/aromatic N) is 1. The van der Waals surface area contributed by atoms with Crippen molar-refractivity contribution in [1.29, 1.82) is 0 Å². The molecule has 1 N–H and O–H groups in total. The maximum Gasteiger partial charge on any atom is 0.0511 e. The minimum Gasteiger partial charge on any atom is -0.355 e. The first-order chi connectivity index (χ1) is 18.8. The summed E-state index contributed by atoms with van der Waals surface area (Å²) in [6.07, 6.45) is 6.57. The van der Waals surface area contributed by atoms with E-state index in [9.17, 15) is 0 Å². The van der Waals surface area contributed by atoms with Gasteiger partial charge in [0.1, 0.15) is 0 Å². The monoisotopic (exact) mass is 490 g/mol. The van der Waals surface area contributed by atoms with Crippen molar-refractivity contribution in [3.8, 4) is 22.3 Å². The summed E-state index contributed by atoms with van der Waals surface area (Å²) in [7, 11) is 0. The van der Waals surface area contributed by atoms with Crippen LogP contribution in [0.1, 0.15) is 12.5 Å². The second-order valence-corrected chi connectivity index (χ2v) is 9.57. The normalized spacial score (nSPS) is 15.0. The third-order valence-electron chi connectivity index (χ3n) is 7.03. The maximum atomic E-state index is 3.71. The van der Waals surface area contributed by atoms with E-state index >= 15 is 0 Å². The molecule has 0 bridgehead atoms. The van der Waals surface area contributed by atoms with Crippen molar-refractivity contribution in [3.63, 3.8) is 0 Å². The van der Waals surface area contributed by atoms with E-state index in [1.165, 1.54) is 44.8 Å². The number of hydrogen-bond donors (Lipinski definition) is 1. The minimum atomic E-state index is 0.820. The molecule has 0 radical (unpaired) electrons. The lowest BCUT2D eigenvalue weighted by molar-refractivity contribution is 1.09. The van der Waals surface area contributed by atoms with Gasteiger partial charge in [0.2, 0.25) is 0 Å². The summed E-state index contributed by atoms with van der Waals surface area (Å²) in [6, 6.07) is 45.1.